The fourth-order valence-electron chi connectivity index (χ4n) is 6.16. The summed E-state index contributed by atoms with van der Waals surface area (Å²) < 4.78 is 12.1. The monoisotopic (exact) mass is 610 g/mol. The zero-order chi connectivity index (χ0) is 28.2. The summed E-state index contributed by atoms with van der Waals surface area (Å²) in [5.74, 6) is -2.15. The van der Waals surface area contributed by atoms with E-state index in [1.807, 2.05) is 6.07 Å². The number of carbonyl (C=O) groups is 4. The van der Waals surface area contributed by atoms with Crippen LogP contribution < -0.4 is 14.4 Å². The van der Waals surface area contributed by atoms with Gasteiger partial charge in [0, 0.05) is 33.4 Å². The van der Waals surface area contributed by atoms with Crippen molar-refractivity contribution in [3.8, 4) is 11.5 Å². The number of ether oxygens (including phenoxy) is 2. The molecule has 0 bridgehead atoms. The topological polar surface area (TPSA) is 93.2 Å². The average molecular weight is 611 g/mol. The standard InChI is InChI=1S/C32H23BrN2O6/c33-21-8-6-19(7-9-21)30(37)28-27-26(23-16-20(12-13-34(23)28)29(36)18-4-2-1-3-5-18)31(38)35(32(27)39)22-10-11-24-25(17-22)41-15-14-40-24/h1-13,16-17,23,26-28H,14-15H2/t23-,26-,27-,28+/m0/s1. The van der Waals surface area contributed by atoms with Crippen molar-refractivity contribution in [3.63, 3.8) is 0 Å². The number of fused-ring (bicyclic) bond motifs is 4. The number of ketones is 2. The van der Waals surface area contributed by atoms with Gasteiger partial charge in [-0.05, 0) is 30.3 Å². The quantitative estimate of drug-likeness (QED) is 0.308. The summed E-state index contributed by atoms with van der Waals surface area (Å²) in [4.78, 5) is 58.4. The zero-order valence-electron chi connectivity index (χ0n) is 21.6. The Bertz CT molecular complexity index is 1670. The lowest BCUT2D eigenvalue weighted by Gasteiger charge is -2.33. The van der Waals surface area contributed by atoms with Crippen LogP contribution in [0.25, 0.3) is 0 Å². The van der Waals surface area contributed by atoms with Gasteiger partial charge < -0.3 is 14.4 Å². The van der Waals surface area contributed by atoms with Crippen LogP contribution in [0.3, 0.4) is 0 Å². The Morgan fingerprint density at radius 1 is 0.805 bits per heavy atom. The molecule has 2 fully saturated rings. The van der Waals surface area contributed by atoms with Crippen molar-refractivity contribution < 1.29 is 28.7 Å². The van der Waals surface area contributed by atoms with Crippen molar-refractivity contribution in [2.24, 2.45) is 11.8 Å². The average Bonchev–Trinajstić information content (AvgIpc) is 3.48. The Hall–Kier alpha value is -4.50. The van der Waals surface area contributed by atoms with E-state index in [0.29, 0.717) is 47.1 Å². The van der Waals surface area contributed by atoms with Gasteiger partial charge in [0.1, 0.15) is 19.3 Å². The molecular weight excluding hydrogens is 588 g/mol. The molecule has 3 aromatic rings. The number of hydrogen-bond acceptors (Lipinski definition) is 7. The first-order valence-corrected chi connectivity index (χ1v) is 14.1. The minimum Gasteiger partial charge on any atom is -0.486 e. The van der Waals surface area contributed by atoms with Gasteiger partial charge in [0.15, 0.2) is 23.1 Å². The van der Waals surface area contributed by atoms with Gasteiger partial charge in [-0.3, -0.25) is 19.2 Å². The maximum atomic E-state index is 14.1. The highest BCUT2D eigenvalue weighted by Gasteiger charge is 2.63. The molecule has 0 unspecified atom stereocenters. The Balaban J connectivity index is 1.30. The Morgan fingerprint density at radius 2 is 1.51 bits per heavy atom. The van der Waals surface area contributed by atoms with Crippen LogP contribution in [0.1, 0.15) is 20.7 Å². The molecule has 204 valence electrons. The normalized spacial score (nSPS) is 24.2. The maximum absolute atomic E-state index is 14.1. The molecule has 4 aliphatic heterocycles. The highest BCUT2D eigenvalue weighted by atomic mass is 79.9. The van der Waals surface area contributed by atoms with Crippen LogP contribution in [0.15, 0.2) is 101 Å². The number of benzene rings is 3. The number of halogens is 1. The molecule has 0 radical (unpaired) electrons. The number of nitrogens with zero attached hydrogens (tertiary/aromatic N) is 2. The third-order valence-electron chi connectivity index (χ3n) is 8.03. The Labute approximate surface area is 244 Å². The van der Waals surface area contributed by atoms with E-state index in [1.54, 1.807) is 90.0 Å². The first-order chi connectivity index (χ1) is 19.9. The molecule has 0 aromatic heterocycles. The lowest BCUT2D eigenvalue weighted by molar-refractivity contribution is -0.123. The van der Waals surface area contributed by atoms with Crippen LogP contribution in [0, 0.1) is 11.8 Å². The van der Waals surface area contributed by atoms with E-state index in [4.69, 9.17) is 9.47 Å². The van der Waals surface area contributed by atoms with Gasteiger partial charge >= 0.3 is 0 Å². The summed E-state index contributed by atoms with van der Waals surface area (Å²) in [5.41, 5.74) is 1.71. The van der Waals surface area contributed by atoms with Crippen molar-refractivity contribution in [3.05, 3.63) is 112 Å². The van der Waals surface area contributed by atoms with Crippen LogP contribution in [-0.2, 0) is 9.59 Å². The Kier molecular flexibility index (Phi) is 6.12. The summed E-state index contributed by atoms with van der Waals surface area (Å²) >= 11 is 3.40. The minimum atomic E-state index is -0.941. The predicted octanol–water partition coefficient (Wildman–Crippen LogP) is 4.60. The van der Waals surface area contributed by atoms with Crippen LogP contribution in [0.5, 0.6) is 11.5 Å². The summed E-state index contributed by atoms with van der Waals surface area (Å²) in [7, 11) is 0. The molecule has 41 heavy (non-hydrogen) atoms. The van der Waals surface area contributed by atoms with Gasteiger partial charge in [-0.15, -0.1) is 0 Å². The molecule has 0 saturated carbocycles. The first-order valence-electron chi connectivity index (χ1n) is 13.3. The van der Waals surface area contributed by atoms with E-state index in [9.17, 15) is 19.2 Å². The molecule has 4 heterocycles. The molecule has 2 amide bonds. The molecule has 3 aromatic carbocycles. The number of anilines is 1. The fourth-order valence-corrected chi connectivity index (χ4v) is 6.43. The maximum Gasteiger partial charge on any atom is 0.240 e. The van der Waals surface area contributed by atoms with Crippen molar-refractivity contribution >= 4 is 45.0 Å². The smallest absolute Gasteiger partial charge is 0.240 e. The van der Waals surface area contributed by atoms with Crippen LogP contribution >= 0.6 is 15.9 Å². The van der Waals surface area contributed by atoms with Crippen molar-refractivity contribution in [2.45, 2.75) is 12.1 Å². The Morgan fingerprint density at radius 3 is 2.27 bits per heavy atom. The van der Waals surface area contributed by atoms with Gasteiger partial charge in [-0.1, -0.05) is 64.5 Å². The van der Waals surface area contributed by atoms with Gasteiger partial charge in [0.05, 0.1) is 23.6 Å². The second-order valence-corrected chi connectivity index (χ2v) is 11.2. The lowest BCUT2D eigenvalue weighted by atomic mass is 9.85. The van der Waals surface area contributed by atoms with Crippen LogP contribution in [0.2, 0.25) is 0 Å². The van der Waals surface area contributed by atoms with Crippen molar-refractivity contribution in [1.29, 1.82) is 0 Å². The summed E-state index contributed by atoms with van der Waals surface area (Å²) in [6.45, 7) is 0.777. The predicted molar refractivity (Wildman–Crippen MR) is 153 cm³/mol. The molecule has 9 heteroatoms. The number of amides is 2. The summed E-state index contributed by atoms with van der Waals surface area (Å²) in [5, 5.41) is 0. The second-order valence-electron chi connectivity index (χ2n) is 10.3. The van der Waals surface area contributed by atoms with Gasteiger partial charge in [-0.2, -0.15) is 0 Å². The molecule has 8 nitrogen and oxygen atoms in total. The first kappa shape index (κ1) is 25.5. The molecule has 0 spiro atoms. The molecule has 4 aliphatic rings. The van der Waals surface area contributed by atoms with Gasteiger partial charge in [0.2, 0.25) is 11.8 Å². The van der Waals surface area contributed by atoms with Gasteiger partial charge in [0.25, 0.3) is 0 Å². The molecule has 7 rings (SSSR count). The number of rotatable bonds is 5. The summed E-state index contributed by atoms with van der Waals surface area (Å²) in [6, 6.07) is 19.2. The summed E-state index contributed by atoms with van der Waals surface area (Å²) in [6.07, 6.45) is 5.05. The SMILES string of the molecule is O=C(C1=C[C@H]2[C@@H]3C(=O)N(c4ccc5c(c4)OCCO5)C(=O)[C@@H]3[C@H](C(=O)c3ccc(Br)cc3)N2C=C1)c1ccccc1. The fraction of sp³-hybridized carbons (Fsp3) is 0.188. The molecule has 0 aliphatic carbocycles. The van der Waals surface area contributed by atoms with E-state index in [-0.39, 0.29) is 11.6 Å². The minimum absolute atomic E-state index is 0.193. The molecule has 2 saturated heterocycles. The molecule has 4 atom stereocenters. The largest absolute Gasteiger partial charge is 0.486 e. The third-order valence-corrected chi connectivity index (χ3v) is 8.56. The van der Waals surface area contributed by atoms with Gasteiger partial charge in [-0.25, -0.2) is 4.90 Å². The zero-order valence-corrected chi connectivity index (χ0v) is 23.2. The van der Waals surface area contributed by atoms with E-state index in [2.05, 4.69) is 15.9 Å². The van der Waals surface area contributed by atoms with E-state index < -0.39 is 35.7 Å². The number of Topliss-reactive ketones (excluding diaryl/α,β-unsaturated/α-hetero) is 2. The number of imide groups is 1. The van der Waals surface area contributed by atoms with E-state index in [1.165, 1.54) is 0 Å². The van der Waals surface area contributed by atoms with E-state index in [0.717, 1.165) is 9.37 Å². The highest BCUT2D eigenvalue weighted by Crippen LogP contribution is 2.48. The van der Waals surface area contributed by atoms with E-state index >= 15 is 0 Å². The third kappa shape index (κ3) is 4.11. The number of carbonyl (C=O) groups excluding carboxylic acids is 4. The van der Waals surface area contributed by atoms with Crippen molar-refractivity contribution in [2.75, 3.05) is 18.1 Å². The van der Waals surface area contributed by atoms with Crippen LogP contribution in [-0.4, -0.2) is 53.6 Å². The highest BCUT2D eigenvalue weighted by molar-refractivity contribution is 9.10. The van der Waals surface area contributed by atoms with Crippen LogP contribution in [0.4, 0.5) is 5.69 Å². The second kappa shape index (κ2) is 9.85. The molecular formula is C32H23BrN2O6. The number of hydrogen-bond donors (Lipinski definition) is 0. The molecule has 0 N–H and O–H groups in total. The van der Waals surface area contributed by atoms with Crippen molar-refractivity contribution in [1.82, 2.24) is 4.90 Å². The lowest BCUT2D eigenvalue weighted by Crippen LogP contribution is -2.46. The number of allylic oxidation sites excluding steroid dienone is 2.